The number of aromatic nitrogens is 2. The molecular weight excluding hydrogens is 324 g/mol. The lowest BCUT2D eigenvalue weighted by molar-refractivity contribution is -0.120. The first kappa shape index (κ1) is 17.1. The summed E-state index contributed by atoms with van der Waals surface area (Å²) in [6.45, 7) is 2.64. The van der Waals surface area contributed by atoms with Gasteiger partial charge in [-0.15, -0.1) is 11.3 Å². The second kappa shape index (κ2) is 7.90. The summed E-state index contributed by atoms with van der Waals surface area (Å²) < 4.78 is 5.19. The van der Waals surface area contributed by atoms with E-state index in [-0.39, 0.29) is 18.0 Å². The van der Waals surface area contributed by atoms with Gasteiger partial charge in [0, 0.05) is 11.8 Å². The molecule has 1 aliphatic rings. The number of aryl methyl sites for hydroxylation is 1. The molecule has 24 heavy (non-hydrogen) atoms. The first-order chi connectivity index (χ1) is 11.7. The molecule has 0 spiro atoms. The van der Waals surface area contributed by atoms with Crippen molar-refractivity contribution in [2.45, 2.75) is 57.5 Å². The highest BCUT2D eigenvalue weighted by molar-refractivity contribution is 7.09. The lowest BCUT2D eigenvalue weighted by Gasteiger charge is -2.30. The average molecular weight is 348 g/mol. The van der Waals surface area contributed by atoms with Gasteiger partial charge < -0.3 is 9.84 Å². The number of hydrogen-bond acceptors (Lipinski definition) is 6. The molecule has 2 aromatic heterocycles. The van der Waals surface area contributed by atoms with E-state index in [0.717, 1.165) is 30.6 Å². The summed E-state index contributed by atoms with van der Waals surface area (Å²) in [4.78, 5) is 17.8. The van der Waals surface area contributed by atoms with Gasteiger partial charge in [0.15, 0.2) is 5.82 Å². The van der Waals surface area contributed by atoms with Gasteiger partial charge in [0.2, 0.25) is 11.8 Å². The van der Waals surface area contributed by atoms with Crippen LogP contribution in [0.25, 0.3) is 0 Å². The van der Waals surface area contributed by atoms with Gasteiger partial charge in [-0.1, -0.05) is 36.9 Å². The third-order valence-corrected chi connectivity index (χ3v) is 5.42. The smallest absolute Gasteiger partial charge is 0.234 e. The minimum atomic E-state index is -0.353. The number of nitrogens with one attached hydrogen (secondary N) is 2. The monoisotopic (exact) mass is 348 g/mol. The Labute approximate surface area is 146 Å². The van der Waals surface area contributed by atoms with Gasteiger partial charge in [-0.25, -0.2) is 0 Å². The van der Waals surface area contributed by atoms with Gasteiger partial charge in [-0.2, -0.15) is 4.98 Å². The van der Waals surface area contributed by atoms with Crippen LogP contribution in [0.5, 0.6) is 0 Å². The molecule has 130 valence electrons. The Kier molecular flexibility index (Phi) is 5.63. The van der Waals surface area contributed by atoms with Gasteiger partial charge >= 0.3 is 0 Å². The van der Waals surface area contributed by atoms with Crippen LogP contribution in [0.3, 0.4) is 0 Å². The molecule has 3 rings (SSSR count). The summed E-state index contributed by atoms with van der Waals surface area (Å²) >= 11 is 1.65. The Morgan fingerprint density at radius 1 is 1.33 bits per heavy atom. The second-order valence-electron chi connectivity index (χ2n) is 6.34. The van der Waals surface area contributed by atoms with E-state index in [1.165, 1.54) is 12.8 Å². The van der Waals surface area contributed by atoms with Crippen LogP contribution < -0.4 is 10.6 Å². The summed E-state index contributed by atoms with van der Waals surface area (Å²) in [5, 5.41) is 12.6. The molecule has 1 amide bonds. The van der Waals surface area contributed by atoms with E-state index in [9.17, 15) is 4.79 Å². The molecule has 0 aromatic carbocycles. The van der Waals surface area contributed by atoms with Crippen molar-refractivity contribution in [3.05, 3.63) is 34.1 Å². The molecule has 7 heteroatoms. The standard InChI is InChI=1S/C17H24N4O2S/c1-13-20-16(21-23-13)17(8-4-2-3-5-9-17)19-12-15(22)18-11-14-7-6-10-24-14/h6-7,10,19H,2-5,8-9,11-12H2,1H3,(H,18,22). The number of rotatable bonds is 6. The Hall–Kier alpha value is -1.73. The summed E-state index contributed by atoms with van der Waals surface area (Å²) in [7, 11) is 0. The Morgan fingerprint density at radius 2 is 2.12 bits per heavy atom. The Balaban J connectivity index is 1.62. The molecule has 0 bridgehead atoms. The predicted octanol–water partition coefficient (Wildman–Crippen LogP) is 2.90. The molecule has 2 heterocycles. The van der Waals surface area contributed by atoms with Crippen molar-refractivity contribution in [3.8, 4) is 0 Å². The maximum absolute atomic E-state index is 12.2. The fourth-order valence-corrected chi connectivity index (χ4v) is 3.86. The van der Waals surface area contributed by atoms with Gasteiger partial charge in [0.1, 0.15) is 0 Å². The molecule has 0 aliphatic heterocycles. The van der Waals surface area contributed by atoms with Crippen molar-refractivity contribution < 1.29 is 9.32 Å². The third kappa shape index (κ3) is 4.21. The molecular formula is C17H24N4O2S. The molecule has 0 saturated heterocycles. The first-order valence-electron chi connectivity index (χ1n) is 8.53. The van der Waals surface area contributed by atoms with Crippen LogP contribution >= 0.6 is 11.3 Å². The molecule has 0 atom stereocenters. The second-order valence-corrected chi connectivity index (χ2v) is 7.38. The molecule has 1 saturated carbocycles. The predicted molar refractivity (Wildman–Crippen MR) is 92.6 cm³/mol. The van der Waals surface area contributed by atoms with Gasteiger partial charge in [-0.3, -0.25) is 10.1 Å². The number of nitrogens with zero attached hydrogens (tertiary/aromatic N) is 2. The van der Waals surface area contributed by atoms with Crippen LogP contribution in [0.4, 0.5) is 0 Å². The quantitative estimate of drug-likeness (QED) is 0.785. The zero-order valence-corrected chi connectivity index (χ0v) is 14.8. The zero-order valence-electron chi connectivity index (χ0n) is 14.0. The number of carbonyl (C=O) groups is 1. The number of hydrogen-bond donors (Lipinski definition) is 2. The molecule has 0 radical (unpaired) electrons. The summed E-state index contributed by atoms with van der Waals surface area (Å²) in [5.74, 6) is 1.25. The summed E-state index contributed by atoms with van der Waals surface area (Å²) in [5.41, 5.74) is -0.353. The number of carbonyl (C=O) groups excluding carboxylic acids is 1. The van der Waals surface area contributed by atoms with Crippen molar-refractivity contribution in [2.24, 2.45) is 0 Å². The van der Waals surface area contributed by atoms with E-state index < -0.39 is 0 Å². The Bertz CT molecular complexity index is 645. The van der Waals surface area contributed by atoms with Crippen molar-refractivity contribution >= 4 is 17.2 Å². The van der Waals surface area contributed by atoms with Crippen LogP contribution in [0.2, 0.25) is 0 Å². The van der Waals surface area contributed by atoms with Crippen molar-refractivity contribution in [3.63, 3.8) is 0 Å². The van der Waals surface area contributed by atoms with E-state index in [4.69, 9.17) is 4.52 Å². The van der Waals surface area contributed by atoms with Crippen LogP contribution in [0.15, 0.2) is 22.0 Å². The average Bonchev–Trinajstić information content (AvgIpc) is 3.19. The van der Waals surface area contributed by atoms with Crippen LogP contribution in [-0.2, 0) is 16.9 Å². The van der Waals surface area contributed by atoms with Gasteiger partial charge in [0.05, 0.1) is 18.6 Å². The summed E-state index contributed by atoms with van der Waals surface area (Å²) in [6.07, 6.45) is 6.51. The minimum Gasteiger partial charge on any atom is -0.350 e. The van der Waals surface area contributed by atoms with Crippen LogP contribution in [-0.4, -0.2) is 22.6 Å². The van der Waals surface area contributed by atoms with E-state index in [2.05, 4.69) is 20.8 Å². The topological polar surface area (TPSA) is 80.0 Å². The fourth-order valence-electron chi connectivity index (χ4n) is 3.22. The van der Waals surface area contributed by atoms with E-state index in [1.807, 2.05) is 17.5 Å². The third-order valence-electron chi connectivity index (χ3n) is 4.54. The molecule has 1 aliphatic carbocycles. The zero-order chi connectivity index (χ0) is 16.8. The highest BCUT2D eigenvalue weighted by atomic mass is 32.1. The van der Waals surface area contributed by atoms with Gasteiger partial charge in [-0.05, 0) is 24.3 Å². The van der Waals surface area contributed by atoms with Gasteiger partial charge in [0.25, 0.3) is 0 Å². The molecule has 0 unspecified atom stereocenters. The highest BCUT2D eigenvalue weighted by Crippen LogP contribution is 2.34. The summed E-state index contributed by atoms with van der Waals surface area (Å²) in [6, 6.07) is 4.01. The maximum atomic E-state index is 12.2. The lowest BCUT2D eigenvalue weighted by atomic mass is 9.89. The van der Waals surface area contributed by atoms with Crippen LogP contribution in [0, 0.1) is 6.92 Å². The molecule has 2 aromatic rings. The number of thiophene rings is 1. The number of amides is 1. The van der Waals surface area contributed by atoms with E-state index >= 15 is 0 Å². The first-order valence-corrected chi connectivity index (χ1v) is 9.41. The Morgan fingerprint density at radius 3 is 2.75 bits per heavy atom. The normalized spacial score (nSPS) is 17.4. The molecule has 1 fully saturated rings. The van der Waals surface area contributed by atoms with Crippen LogP contribution in [0.1, 0.15) is 55.1 Å². The molecule has 6 nitrogen and oxygen atoms in total. The van der Waals surface area contributed by atoms with E-state index in [1.54, 1.807) is 18.3 Å². The largest absolute Gasteiger partial charge is 0.350 e. The van der Waals surface area contributed by atoms with Crippen molar-refractivity contribution in [1.82, 2.24) is 20.8 Å². The van der Waals surface area contributed by atoms with E-state index in [0.29, 0.717) is 18.3 Å². The highest BCUT2D eigenvalue weighted by Gasteiger charge is 2.37. The maximum Gasteiger partial charge on any atom is 0.234 e. The molecule has 2 N–H and O–H groups in total. The minimum absolute atomic E-state index is 0.00719. The lowest BCUT2D eigenvalue weighted by Crippen LogP contribution is -2.47. The van der Waals surface area contributed by atoms with Crippen molar-refractivity contribution in [2.75, 3.05) is 6.54 Å². The van der Waals surface area contributed by atoms with Crippen molar-refractivity contribution in [1.29, 1.82) is 0 Å². The SMILES string of the molecule is Cc1nc(C2(NCC(=O)NCc3cccs3)CCCCCC2)no1. The fraction of sp³-hybridized carbons (Fsp3) is 0.588.